The molecule has 1 N–H and O–H groups in total. The maximum Gasteiger partial charge on any atom is 0.0633 e. The van der Waals surface area contributed by atoms with Crippen LogP contribution < -0.4 is 0 Å². The number of likely N-dealkylation sites (N-methyl/N-ethyl adjacent to an activating group) is 1. The Morgan fingerprint density at radius 3 is 2.75 bits per heavy atom. The Labute approximate surface area is 98.0 Å². The van der Waals surface area contributed by atoms with E-state index < -0.39 is 0 Å². The molecule has 1 atom stereocenters. The molecule has 0 saturated carbocycles. The zero-order valence-corrected chi connectivity index (χ0v) is 10.3. The first-order valence-electron chi connectivity index (χ1n) is 6.08. The van der Waals surface area contributed by atoms with Crippen LogP contribution in [-0.4, -0.2) is 54.2 Å². The molecule has 1 fully saturated rings. The molecule has 1 unspecified atom stereocenters. The quantitative estimate of drug-likeness (QED) is 0.778. The minimum absolute atomic E-state index is 0.0495. The highest BCUT2D eigenvalue weighted by molar-refractivity contribution is 5.23. The lowest BCUT2D eigenvalue weighted by Crippen LogP contribution is -2.49. The van der Waals surface area contributed by atoms with E-state index in [1.165, 1.54) is 5.70 Å². The van der Waals surface area contributed by atoms with Crippen LogP contribution in [0.4, 0.5) is 0 Å². The van der Waals surface area contributed by atoms with Crippen molar-refractivity contribution in [2.75, 3.05) is 33.8 Å². The van der Waals surface area contributed by atoms with E-state index in [4.69, 9.17) is 0 Å². The Kier molecular flexibility index (Phi) is 3.36. The van der Waals surface area contributed by atoms with E-state index in [2.05, 4.69) is 42.1 Å². The van der Waals surface area contributed by atoms with E-state index in [1.807, 2.05) is 0 Å². The molecule has 1 heterocycles. The van der Waals surface area contributed by atoms with Crippen molar-refractivity contribution in [1.82, 2.24) is 9.80 Å². The average Bonchev–Trinajstić information content (AvgIpc) is 2.76. The summed E-state index contributed by atoms with van der Waals surface area (Å²) in [6.45, 7) is 2.23. The summed E-state index contributed by atoms with van der Waals surface area (Å²) in [5, 5.41) is 9.60. The van der Waals surface area contributed by atoms with Gasteiger partial charge in [0.15, 0.2) is 0 Å². The van der Waals surface area contributed by atoms with Gasteiger partial charge in [0, 0.05) is 18.8 Å². The lowest BCUT2D eigenvalue weighted by molar-refractivity contribution is 0.0778. The molecule has 0 aromatic heterocycles. The molecular weight excluding hydrogens is 200 g/mol. The van der Waals surface area contributed by atoms with E-state index >= 15 is 0 Å². The molecule has 0 aromatic rings. The van der Waals surface area contributed by atoms with Crippen LogP contribution in [0, 0.1) is 0 Å². The second kappa shape index (κ2) is 4.60. The van der Waals surface area contributed by atoms with E-state index in [-0.39, 0.29) is 12.1 Å². The van der Waals surface area contributed by atoms with Crippen LogP contribution >= 0.6 is 0 Å². The summed E-state index contributed by atoms with van der Waals surface area (Å²) >= 11 is 0. The van der Waals surface area contributed by atoms with Gasteiger partial charge in [0.1, 0.15) is 0 Å². The number of hydrogen-bond donors (Lipinski definition) is 1. The summed E-state index contributed by atoms with van der Waals surface area (Å²) in [5.41, 5.74) is 1.29. The number of hydrogen-bond acceptors (Lipinski definition) is 3. The molecule has 3 heteroatoms. The summed E-state index contributed by atoms with van der Waals surface area (Å²) < 4.78 is 0. The van der Waals surface area contributed by atoms with Crippen LogP contribution in [0.2, 0.25) is 0 Å². The number of likely N-dealkylation sites (tertiary alicyclic amines) is 1. The zero-order valence-electron chi connectivity index (χ0n) is 10.3. The summed E-state index contributed by atoms with van der Waals surface area (Å²) in [6.07, 6.45) is 10.1. The third kappa shape index (κ3) is 2.02. The Bertz CT molecular complexity index is 309. The molecule has 90 valence electrons. The van der Waals surface area contributed by atoms with Crippen molar-refractivity contribution in [1.29, 1.82) is 0 Å². The summed E-state index contributed by atoms with van der Waals surface area (Å²) in [4.78, 5) is 4.56. The molecule has 0 amide bonds. The van der Waals surface area contributed by atoms with E-state index in [9.17, 15) is 5.11 Å². The van der Waals surface area contributed by atoms with Crippen molar-refractivity contribution in [2.24, 2.45) is 0 Å². The lowest BCUT2D eigenvalue weighted by atomic mass is 9.98. The number of aliphatic hydroxyl groups is 1. The van der Waals surface area contributed by atoms with Crippen molar-refractivity contribution >= 4 is 0 Å². The Hall–Kier alpha value is -0.800. The highest BCUT2D eigenvalue weighted by Crippen LogP contribution is 2.29. The summed E-state index contributed by atoms with van der Waals surface area (Å²) in [6, 6.07) is 0. The summed E-state index contributed by atoms with van der Waals surface area (Å²) in [7, 11) is 4.12. The molecule has 2 rings (SSSR count). The van der Waals surface area contributed by atoms with Gasteiger partial charge in [-0.25, -0.2) is 0 Å². The van der Waals surface area contributed by atoms with Crippen molar-refractivity contribution in [2.45, 2.75) is 24.8 Å². The van der Waals surface area contributed by atoms with E-state index in [0.717, 1.165) is 32.4 Å². The highest BCUT2D eigenvalue weighted by atomic mass is 16.3. The van der Waals surface area contributed by atoms with Crippen LogP contribution in [-0.2, 0) is 0 Å². The van der Waals surface area contributed by atoms with Gasteiger partial charge in [0.25, 0.3) is 0 Å². The van der Waals surface area contributed by atoms with Gasteiger partial charge in [-0.15, -0.1) is 0 Å². The first-order chi connectivity index (χ1) is 7.68. The SMILES string of the molecule is CN(C)C1(CO)CCN(C2=CCCC=C2)C1. The van der Waals surface area contributed by atoms with Gasteiger partial charge in [0.2, 0.25) is 0 Å². The van der Waals surface area contributed by atoms with Gasteiger partial charge in [-0.3, -0.25) is 4.90 Å². The topological polar surface area (TPSA) is 26.7 Å². The fourth-order valence-electron chi connectivity index (χ4n) is 2.55. The normalized spacial score (nSPS) is 30.0. The van der Waals surface area contributed by atoms with Crippen LogP contribution in [0.25, 0.3) is 0 Å². The molecule has 0 spiro atoms. The van der Waals surface area contributed by atoms with Gasteiger partial charge in [-0.05, 0) is 39.4 Å². The lowest BCUT2D eigenvalue weighted by Gasteiger charge is -2.35. The predicted molar refractivity (Wildman–Crippen MR) is 66.2 cm³/mol. The van der Waals surface area contributed by atoms with E-state index in [1.54, 1.807) is 0 Å². The van der Waals surface area contributed by atoms with Crippen LogP contribution in [0.3, 0.4) is 0 Å². The molecule has 1 aliphatic heterocycles. The summed E-state index contributed by atoms with van der Waals surface area (Å²) in [5.74, 6) is 0. The number of aliphatic hydroxyl groups excluding tert-OH is 1. The van der Waals surface area contributed by atoms with Gasteiger partial charge in [0.05, 0.1) is 12.1 Å². The van der Waals surface area contributed by atoms with Gasteiger partial charge < -0.3 is 10.0 Å². The number of rotatable bonds is 3. The second-order valence-corrected chi connectivity index (χ2v) is 5.06. The molecule has 0 aromatic carbocycles. The monoisotopic (exact) mass is 222 g/mol. The van der Waals surface area contributed by atoms with E-state index in [0.29, 0.717) is 0 Å². The molecule has 2 aliphatic rings. The molecule has 1 saturated heterocycles. The van der Waals surface area contributed by atoms with Crippen molar-refractivity contribution in [3.63, 3.8) is 0 Å². The van der Waals surface area contributed by atoms with Crippen LogP contribution in [0.1, 0.15) is 19.3 Å². The Morgan fingerprint density at radius 1 is 1.44 bits per heavy atom. The highest BCUT2D eigenvalue weighted by Gasteiger charge is 2.39. The van der Waals surface area contributed by atoms with Crippen LogP contribution in [0.5, 0.6) is 0 Å². The molecule has 0 radical (unpaired) electrons. The fraction of sp³-hybridized carbons (Fsp3) is 0.692. The first kappa shape index (κ1) is 11.7. The number of allylic oxidation sites excluding steroid dienone is 3. The maximum atomic E-state index is 9.60. The van der Waals surface area contributed by atoms with Crippen LogP contribution in [0.15, 0.2) is 23.9 Å². The fourth-order valence-corrected chi connectivity index (χ4v) is 2.55. The zero-order chi connectivity index (χ0) is 11.6. The standard InChI is InChI=1S/C13H22N2O/c1-14(2)13(11-16)8-9-15(10-13)12-6-4-3-5-7-12/h4,6-7,16H,3,5,8-11H2,1-2H3. The second-order valence-electron chi connectivity index (χ2n) is 5.06. The van der Waals surface area contributed by atoms with Crippen molar-refractivity contribution in [3.05, 3.63) is 23.9 Å². The Balaban J connectivity index is 2.07. The minimum Gasteiger partial charge on any atom is -0.394 e. The van der Waals surface area contributed by atoms with Crippen molar-refractivity contribution in [3.8, 4) is 0 Å². The van der Waals surface area contributed by atoms with Crippen molar-refractivity contribution < 1.29 is 5.11 Å². The van der Waals surface area contributed by atoms with Gasteiger partial charge in [-0.2, -0.15) is 0 Å². The van der Waals surface area contributed by atoms with Gasteiger partial charge >= 0.3 is 0 Å². The smallest absolute Gasteiger partial charge is 0.0633 e. The third-order valence-corrected chi connectivity index (χ3v) is 3.92. The number of nitrogens with zero attached hydrogens (tertiary/aromatic N) is 2. The molecular formula is C13H22N2O. The first-order valence-corrected chi connectivity index (χ1v) is 6.08. The minimum atomic E-state index is -0.0495. The average molecular weight is 222 g/mol. The molecule has 1 aliphatic carbocycles. The molecule has 3 nitrogen and oxygen atoms in total. The Morgan fingerprint density at radius 2 is 2.25 bits per heavy atom. The maximum absolute atomic E-state index is 9.60. The van der Waals surface area contributed by atoms with Gasteiger partial charge in [-0.1, -0.05) is 12.2 Å². The third-order valence-electron chi connectivity index (χ3n) is 3.92. The molecule has 16 heavy (non-hydrogen) atoms. The largest absolute Gasteiger partial charge is 0.394 e. The predicted octanol–water partition coefficient (Wildman–Crippen LogP) is 1.22. The molecule has 0 bridgehead atoms.